The summed E-state index contributed by atoms with van der Waals surface area (Å²) in [6, 6.07) is 0. The molecule has 0 fully saturated rings. The Labute approximate surface area is 57.0 Å². The molecular weight excluding hydrogens is 134 g/mol. The van der Waals surface area contributed by atoms with Gasteiger partial charge in [0.25, 0.3) is 0 Å². The Morgan fingerprint density at radius 3 is 3.10 bits per heavy atom. The maximum absolute atomic E-state index is 9.62. The number of hydrogen-bond acceptors (Lipinski definition) is 5. The number of aryl methyl sites for hydroxylation is 1. The fraction of sp³-hybridized carbons (Fsp3) is 0.750. The molecule has 10 heavy (non-hydrogen) atoms. The fourth-order valence-corrected chi connectivity index (χ4v) is 0.590. The number of aromatic nitrogens is 4. The molecule has 6 heteroatoms. The maximum atomic E-state index is 9.62. The lowest BCUT2D eigenvalue weighted by atomic mass is 10.3. The lowest BCUT2D eigenvalue weighted by molar-refractivity contribution is 0.781. The first-order valence-electron chi connectivity index (χ1n) is 2.95. The Kier molecular flexibility index (Phi) is 2.48. The third-order valence-corrected chi connectivity index (χ3v) is 1.04. The molecule has 1 rings (SSSR count). The average molecular weight is 141 g/mol. The Morgan fingerprint density at radius 1 is 1.60 bits per heavy atom. The van der Waals surface area contributed by atoms with Crippen molar-refractivity contribution in [2.75, 3.05) is 6.54 Å². The van der Waals surface area contributed by atoms with Crippen molar-refractivity contribution in [1.29, 1.82) is 0 Å². The van der Waals surface area contributed by atoms with Gasteiger partial charge in [-0.3, -0.25) is 0 Å². The quantitative estimate of drug-likeness (QED) is 0.468. The van der Waals surface area contributed by atoms with Crippen LogP contribution in [0, 0.1) is 4.91 Å². The first-order valence-corrected chi connectivity index (χ1v) is 2.95. The summed E-state index contributed by atoms with van der Waals surface area (Å²) in [5.41, 5.74) is 0. The van der Waals surface area contributed by atoms with Gasteiger partial charge in [-0.05, 0) is 6.42 Å². The molecule has 0 radical (unpaired) electrons. The number of hydrogen-bond donors (Lipinski definition) is 1. The van der Waals surface area contributed by atoms with Crippen LogP contribution >= 0.6 is 0 Å². The van der Waals surface area contributed by atoms with Crippen molar-refractivity contribution in [3.63, 3.8) is 0 Å². The summed E-state index contributed by atoms with van der Waals surface area (Å²) in [6.45, 7) is 0.314. The Bertz CT molecular complexity index is 184. The van der Waals surface area contributed by atoms with Crippen molar-refractivity contribution in [3.05, 3.63) is 10.7 Å². The van der Waals surface area contributed by atoms with E-state index >= 15 is 0 Å². The van der Waals surface area contributed by atoms with Crippen molar-refractivity contribution in [3.8, 4) is 0 Å². The highest BCUT2D eigenvalue weighted by Gasteiger charge is 1.95. The zero-order valence-corrected chi connectivity index (χ0v) is 5.32. The standard InChI is InChI=1S/C4H7N5O/c10-5-3-1-2-4-6-8-9-7-4/h1-3H2,(H,6,7,8,9). The minimum atomic E-state index is 0.314. The Balaban J connectivity index is 2.21. The minimum Gasteiger partial charge on any atom is -0.177 e. The molecule has 1 heterocycles. The molecule has 1 aromatic rings. The zero-order chi connectivity index (χ0) is 7.23. The highest BCUT2D eigenvalue weighted by Crippen LogP contribution is 1.90. The summed E-state index contributed by atoms with van der Waals surface area (Å²) < 4.78 is 0. The third-order valence-electron chi connectivity index (χ3n) is 1.04. The van der Waals surface area contributed by atoms with E-state index in [0.29, 0.717) is 25.2 Å². The average Bonchev–Trinajstić information content (AvgIpc) is 2.41. The van der Waals surface area contributed by atoms with Gasteiger partial charge in [-0.15, -0.1) is 10.2 Å². The van der Waals surface area contributed by atoms with Gasteiger partial charge in [0.1, 0.15) is 0 Å². The number of nitrogens with zero attached hydrogens (tertiary/aromatic N) is 4. The van der Waals surface area contributed by atoms with Gasteiger partial charge in [-0.2, -0.15) is 10.1 Å². The molecule has 0 aliphatic heterocycles. The highest BCUT2D eigenvalue weighted by atomic mass is 16.3. The van der Waals surface area contributed by atoms with Crippen LogP contribution in [0.2, 0.25) is 0 Å². The lowest BCUT2D eigenvalue weighted by Gasteiger charge is -1.85. The second-order valence-electron chi connectivity index (χ2n) is 1.78. The van der Waals surface area contributed by atoms with Crippen molar-refractivity contribution in [1.82, 2.24) is 20.6 Å². The van der Waals surface area contributed by atoms with Gasteiger partial charge in [0.05, 0.1) is 6.54 Å². The Hall–Kier alpha value is -1.33. The lowest BCUT2D eigenvalue weighted by Crippen LogP contribution is -1.90. The van der Waals surface area contributed by atoms with Gasteiger partial charge in [0.2, 0.25) is 0 Å². The molecule has 0 spiro atoms. The van der Waals surface area contributed by atoms with Crippen LogP contribution in [0.25, 0.3) is 0 Å². The summed E-state index contributed by atoms with van der Waals surface area (Å²) in [5, 5.41) is 15.8. The molecule has 1 aromatic heterocycles. The van der Waals surface area contributed by atoms with E-state index < -0.39 is 0 Å². The van der Waals surface area contributed by atoms with E-state index in [0.717, 1.165) is 0 Å². The number of nitrogens with one attached hydrogen (secondary N) is 1. The van der Waals surface area contributed by atoms with E-state index in [1.54, 1.807) is 0 Å². The van der Waals surface area contributed by atoms with Crippen LogP contribution in [0.3, 0.4) is 0 Å². The van der Waals surface area contributed by atoms with Crippen LogP contribution in [-0.2, 0) is 6.42 Å². The van der Waals surface area contributed by atoms with Crippen LogP contribution < -0.4 is 0 Å². The van der Waals surface area contributed by atoms with Gasteiger partial charge in [-0.25, -0.2) is 0 Å². The molecule has 0 aliphatic carbocycles. The SMILES string of the molecule is O=NCCCc1nn[nH]n1. The monoisotopic (exact) mass is 141 g/mol. The molecule has 0 amide bonds. The first kappa shape index (κ1) is 6.79. The molecule has 1 N–H and O–H groups in total. The number of nitroso groups, excluding NO2 is 1. The molecular formula is C4H7N5O. The van der Waals surface area contributed by atoms with Crippen LogP contribution in [-0.4, -0.2) is 27.2 Å². The largest absolute Gasteiger partial charge is 0.177 e. The molecule has 0 unspecified atom stereocenters. The summed E-state index contributed by atoms with van der Waals surface area (Å²) in [6.07, 6.45) is 1.34. The first-order chi connectivity index (χ1) is 4.93. The topological polar surface area (TPSA) is 83.9 Å². The van der Waals surface area contributed by atoms with Crippen LogP contribution in [0.15, 0.2) is 5.18 Å². The zero-order valence-electron chi connectivity index (χ0n) is 5.32. The molecule has 0 atom stereocenters. The molecule has 6 nitrogen and oxygen atoms in total. The van der Waals surface area contributed by atoms with Gasteiger partial charge < -0.3 is 0 Å². The highest BCUT2D eigenvalue weighted by molar-refractivity contribution is 4.75. The van der Waals surface area contributed by atoms with E-state index in [1.807, 2.05) is 0 Å². The second kappa shape index (κ2) is 3.65. The minimum absolute atomic E-state index is 0.314. The summed E-state index contributed by atoms with van der Waals surface area (Å²) in [5.74, 6) is 0.628. The van der Waals surface area contributed by atoms with Gasteiger partial charge >= 0.3 is 0 Å². The molecule has 0 bridgehead atoms. The van der Waals surface area contributed by atoms with E-state index in [1.165, 1.54) is 0 Å². The summed E-state index contributed by atoms with van der Waals surface area (Å²) >= 11 is 0. The predicted molar refractivity (Wildman–Crippen MR) is 33.2 cm³/mol. The summed E-state index contributed by atoms with van der Waals surface area (Å²) in [7, 11) is 0. The van der Waals surface area contributed by atoms with Crippen molar-refractivity contribution < 1.29 is 0 Å². The van der Waals surface area contributed by atoms with E-state index in [2.05, 4.69) is 25.8 Å². The van der Waals surface area contributed by atoms with E-state index in [4.69, 9.17) is 0 Å². The van der Waals surface area contributed by atoms with Crippen molar-refractivity contribution >= 4 is 0 Å². The summed E-state index contributed by atoms with van der Waals surface area (Å²) in [4.78, 5) is 9.62. The predicted octanol–water partition coefficient (Wildman–Crippen LogP) is -0.101. The van der Waals surface area contributed by atoms with Crippen molar-refractivity contribution in [2.45, 2.75) is 12.8 Å². The third kappa shape index (κ3) is 1.88. The normalized spacial score (nSPS) is 9.60. The molecule has 0 aliphatic rings. The van der Waals surface area contributed by atoms with Gasteiger partial charge in [0, 0.05) is 6.42 Å². The number of tetrazole rings is 1. The fourth-order valence-electron chi connectivity index (χ4n) is 0.590. The van der Waals surface area contributed by atoms with E-state index in [9.17, 15) is 4.91 Å². The molecule has 0 aromatic carbocycles. The van der Waals surface area contributed by atoms with E-state index in [-0.39, 0.29) is 0 Å². The van der Waals surface area contributed by atoms with Gasteiger partial charge in [-0.1, -0.05) is 10.4 Å². The molecule has 54 valence electrons. The Morgan fingerprint density at radius 2 is 2.50 bits per heavy atom. The molecule has 0 saturated heterocycles. The molecule has 0 saturated carbocycles. The van der Waals surface area contributed by atoms with Crippen LogP contribution in [0.4, 0.5) is 0 Å². The number of H-pyrrole nitrogens is 1. The number of aromatic amines is 1. The maximum Gasteiger partial charge on any atom is 0.174 e. The smallest absolute Gasteiger partial charge is 0.174 e. The van der Waals surface area contributed by atoms with Gasteiger partial charge in [0.15, 0.2) is 5.82 Å². The van der Waals surface area contributed by atoms with Crippen LogP contribution in [0.1, 0.15) is 12.2 Å². The second-order valence-corrected chi connectivity index (χ2v) is 1.78. The number of rotatable bonds is 4. The van der Waals surface area contributed by atoms with Crippen LogP contribution in [0.5, 0.6) is 0 Å². The van der Waals surface area contributed by atoms with Crippen molar-refractivity contribution in [2.24, 2.45) is 5.18 Å².